The monoisotopic (exact) mass is 540 g/mol. The summed E-state index contributed by atoms with van der Waals surface area (Å²) in [6, 6.07) is 6.91. The second-order valence-electron chi connectivity index (χ2n) is 6.35. The minimum absolute atomic E-state index is 0. The van der Waals surface area contributed by atoms with Crippen molar-refractivity contribution in [3.05, 3.63) is 46.0 Å². The fourth-order valence-corrected chi connectivity index (χ4v) is 3.28. The van der Waals surface area contributed by atoms with Crippen molar-refractivity contribution >= 4 is 15.9 Å². The summed E-state index contributed by atoms with van der Waals surface area (Å²) in [7, 11) is 0. The number of rotatable bonds is 9. The summed E-state index contributed by atoms with van der Waals surface area (Å²) in [6.45, 7) is 10.2. The van der Waals surface area contributed by atoms with Gasteiger partial charge >= 0.3 is 0 Å². The molecule has 0 aliphatic heterocycles. The smallest absolute Gasteiger partial charge is 0.198 e. The lowest BCUT2D eigenvalue weighted by molar-refractivity contribution is 0.275. The SMILES string of the molecule is C.CCOc1cc(C)c(C#N)c(F)c1OCC.CCOc1cc(CBr)c(C#N)c(F)c1OCC. The predicted molar refractivity (Wildman–Crippen MR) is 131 cm³/mol. The van der Waals surface area contributed by atoms with Gasteiger partial charge in [-0.2, -0.15) is 10.5 Å². The molecule has 6 nitrogen and oxygen atoms in total. The van der Waals surface area contributed by atoms with E-state index in [4.69, 9.17) is 29.5 Å². The van der Waals surface area contributed by atoms with Crippen LogP contribution >= 0.6 is 15.9 Å². The van der Waals surface area contributed by atoms with Gasteiger partial charge in [0.15, 0.2) is 34.6 Å². The van der Waals surface area contributed by atoms with Crippen molar-refractivity contribution in [2.75, 3.05) is 26.4 Å². The molecule has 2 aromatic rings. The Hall–Kier alpha value is -3.04. The first-order chi connectivity index (χ1) is 15.8. The van der Waals surface area contributed by atoms with Crippen LogP contribution in [0.5, 0.6) is 23.0 Å². The third kappa shape index (κ3) is 7.50. The third-order valence-corrected chi connectivity index (χ3v) is 4.80. The zero-order chi connectivity index (χ0) is 25.0. The average molecular weight is 541 g/mol. The number of nitrogens with zero attached hydrogens (tertiary/aromatic N) is 2. The Morgan fingerprint density at radius 3 is 1.56 bits per heavy atom. The molecule has 0 saturated heterocycles. The number of hydrogen-bond acceptors (Lipinski definition) is 6. The quantitative estimate of drug-likeness (QED) is 0.324. The summed E-state index contributed by atoms with van der Waals surface area (Å²) in [5.74, 6) is -0.594. The molecule has 0 aliphatic carbocycles. The Balaban J connectivity index is 0.000000623. The summed E-state index contributed by atoms with van der Waals surface area (Å²) in [4.78, 5) is 0. The van der Waals surface area contributed by atoms with Crippen LogP contribution in [0.3, 0.4) is 0 Å². The van der Waals surface area contributed by atoms with Crippen molar-refractivity contribution < 1.29 is 27.7 Å². The summed E-state index contributed by atoms with van der Waals surface area (Å²) in [5.41, 5.74) is 1.10. The Morgan fingerprint density at radius 1 is 0.765 bits per heavy atom. The molecular weight excluding hydrogens is 510 g/mol. The van der Waals surface area contributed by atoms with Crippen LogP contribution in [0, 0.1) is 41.2 Å². The van der Waals surface area contributed by atoms with Crippen LogP contribution in [0.15, 0.2) is 12.1 Å². The number of alkyl halides is 1. The van der Waals surface area contributed by atoms with Crippen molar-refractivity contribution in [3.8, 4) is 35.1 Å². The van der Waals surface area contributed by atoms with E-state index in [0.717, 1.165) is 0 Å². The highest BCUT2D eigenvalue weighted by atomic mass is 79.9. The van der Waals surface area contributed by atoms with Gasteiger partial charge in [0, 0.05) is 5.33 Å². The summed E-state index contributed by atoms with van der Waals surface area (Å²) >= 11 is 3.22. The van der Waals surface area contributed by atoms with Crippen LogP contribution in [-0.2, 0) is 5.33 Å². The molecular formula is C25H31BrF2N2O4. The Morgan fingerprint density at radius 2 is 1.18 bits per heavy atom. The van der Waals surface area contributed by atoms with E-state index in [1.165, 1.54) is 0 Å². The van der Waals surface area contributed by atoms with Crippen LogP contribution in [0.4, 0.5) is 8.78 Å². The highest BCUT2D eigenvalue weighted by molar-refractivity contribution is 9.08. The van der Waals surface area contributed by atoms with E-state index in [2.05, 4.69) is 15.9 Å². The highest BCUT2D eigenvalue weighted by Gasteiger charge is 2.20. The Kier molecular flexibility index (Phi) is 14.3. The minimum Gasteiger partial charge on any atom is -0.490 e. The maximum absolute atomic E-state index is 14.0. The maximum atomic E-state index is 14.0. The molecule has 0 saturated carbocycles. The summed E-state index contributed by atoms with van der Waals surface area (Å²) in [6.07, 6.45) is 0. The van der Waals surface area contributed by atoms with Crippen molar-refractivity contribution in [1.82, 2.24) is 0 Å². The van der Waals surface area contributed by atoms with Crippen LogP contribution in [0.25, 0.3) is 0 Å². The molecule has 2 rings (SSSR count). The van der Waals surface area contributed by atoms with Crippen LogP contribution in [-0.4, -0.2) is 26.4 Å². The first-order valence-corrected chi connectivity index (χ1v) is 11.5. The lowest BCUT2D eigenvalue weighted by Gasteiger charge is -2.14. The third-order valence-electron chi connectivity index (χ3n) is 4.20. The Labute approximate surface area is 209 Å². The van der Waals surface area contributed by atoms with Crippen molar-refractivity contribution in [2.24, 2.45) is 0 Å². The number of nitriles is 2. The first kappa shape index (κ1) is 31.0. The molecule has 0 unspecified atom stereocenters. The first-order valence-electron chi connectivity index (χ1n) is 10.4. The van der Waals surface area contributed by atoms with Gasteiger partial charge in [-0.3, -0.25) is 0 Å². The molecule has 0 radical (unpaired) electrons. The summed E-state index contributed by atoms with van der Waals surface area (Å²) in [5, 5.41) is 18.2. The van der Waals surface area contributed by atoms with Gasteiger partial charge in [0.05, 0.1) is 37.6 Å². The lowest BCUT2D eigenvalue weighted by Crippen LogP contribution is -2.04. The van der Waals surface area contributed by atoms with Crippen molar-refractivity contribution in [3.63, 3.8) is 0 Å². The largest absolute Gasteiger partial charge is 0.490 e. The van der Waals surface area contributed by atoms with Crippen LogP contribution in [0.1, 0.15) is 57.4 Å². The fraction of sp³-hybridized carbons (Fsp3) is 0.440. The zero-order valence-electron chi connectivity index (χ0n) is 19.4. The van der Waals surface area contributed by atoms with Gasteiger partial charge in [0.1, 0.15) is 12.1 Å². The molecule has 9 heteroatoms. The van der Waals surface area contributed by atoms with Crippen molar-refractivity contribution in [2.45, 2.75) is 47.4 Å². The second kappa shape index (κ2) is 15.7. The maximum Gasteiger partial charge on any atom is 0.198 e. The van der Waals surface area contributed by atoms with Gasteiger partial charge < -0.3 is 18.9 Å². The highest BCUT2D eigenvalue weighted by Crippen LogP contribution is 2.36. The van der Waals surface area contributed by atoms with Gasteiger partial charge in [-0.25, -0.2) is 8.78 Å². The fourth-order valence-electron chi connectivity index (χ4n) is 2.83. The van der Waals surface area contributed by atoms with Gasteiger partial charge in [-0.1, -0.05) is 23.4 Å². The zero-order valence-corrected chi connectivity index (χ0v) is 20.9. The van der Waals surface area contributed by atoms with Crippen LogP contribution in [0.2, 0.25) is 0 Å². The molecule has 0 bridgehead atoms. The number of hydrogen-bond donors (Lipinski definition) is 0. The second-order valence-corrected chi connectivity index (χ2v) is 6.91. The molecule has 0 fully saturated rings. The predicted octanol–water partition coefficient (Wildman–Crippen LogP) is 6.83. The van der Waals surface area contributed by atoms with E-state index in [0.29, 0.717) is 54.4 Å². The summed E-state index contributed by atoms with van der Waals surface area (Å²) < 4.78 is 48.9. The molecule has 0 aliphatic rings. The van der Waals surface area contributed by atoms with E-state index in [9.17, 15) is 8.78 Å². The topological polar surface area (TPSA) is 84.5 Å². The van der Waals surface area contributed by atoms with Gasteiger partial charge in [0.25, 0.3) is 0 Å². The standard InChI is InChI=1S/C12H13BrFNO2.C12H14FNO2.CH4/c1-3-16-10-5-8(6-13)9(7-15)11(14)12(10)17-4-2;1-4-15-10-6-8(3)9(7-14)11(13)12(10)16-5-2;/h5H,3-4,6H2,1-2H3;6H,4-5H2,1-3H3;1H4. The lowest BCUT2D eigenvalue weighted by atomic mass is 10.1. The number of ether oxygens (including phenoxy) is 4. The van der Waals surface area contributed by atoms with E-state index in [1.54, 1.807) is 46.8 Å². The van der Waals surface area contributed by atoms with E-state index in [-0.39, 0.29) is 30.1 Å². The number of halogens is 3. The normalized spacial score (nSPS) is 9.47. The van der Waals surface area contributed by atoms with Gasteiger partial charge in [-0.15, -0.1) is 0 Å². The van der Waals surface area contributed by atoms with Gasteiger partial charge in [-0.05, 0) is 57.9 Å². The minimum atomic E-state index is -0.658. The molecule has 34 heavy (non-hydrogen) atoms. The van der Waals surface area contributed by atoms with E-state index >= 15 is 0 Å². The molecule has 186 valence electrons. The Bertz CT molecular complexity index is 1030. The van der Waals surface area contributed by atoms with Crippen molar-refractivity contribution in [1.29, 1.82) is 10.5 Å². The molecule has 0 atom stereocenters. The molecule has 0 N–H and O–H groups in total. The van der Waals surface area contributed by atoms with Gasteiger partial charge in [0.2, 0.25) is 0 Å². The average Bonchev–Trinajstić information content (AvgIpc) is 2.79. The number of aryl methyl sites for hydroxylation is 1. The molecule has 0 heterocycles. The molecule has 0 spiro atoms. The van der Waals surface area contributed by atoms with Crippen LogP contribution < -0.4 is 18.9 Å². The van der Waals surface area contributed by atoms with E-state index in [1.807, 2.05) is 12.1 Å². The molecule has 0 aromatic heterocycles. The molecule has 2 aromatic carbocycles. The van der Waals surface area contributed by atoms with E-state index < -0.39 is 11.6 Å². The molecule has 0 amide bonds. The number of benzene rings is 2.